The van der Waals surface area contributed by atoms with E-state index in [4.69, 9.17) is 4.74 Å². The van der Waals surface area contributed by atoms with Crippen LogP contribution in [0.2, 0.25) is 0 Å². The standard InChI is InChI=1S/C12H24N2O2/c1-3-11-7-5-4-6-9-14(11)12(15)13-8-10-16-2/h11H,3-10H2,1-2H3,(H,13,15)/t11-/m1/s1. The van der Waals surface area contributed by atoms with Gasteiger partial charge in [-0.15, -0.1) is 0 Å². The predicted octanol–water partition coefficient (Wildman–Crippen LogP) is 2.00. The fraction of sp³-hybridized carbons (Fsp3) is 0.917. The Bertz CT molecular complexity index is 209. The number of hydrogen-bond acceptors (Lipinski definition) is 2. The maximum Gasteiger partial charge on any atom is 0.317 e. The summed E-state index contributed by atoms with van der Waals surface area (Å²) in [4.78, 5) is 14.0. The number of urea groups is 1. The lowest BCUT2D eigenvalue weighted by molar-refractivity contribution is 0.163. The molecule has 1 aliphatic rings. The molecule has 1 N–H and O–H groups in total. The third-order valence-corrected chi connectivity index (χ3v) is 3.19. The quantitative estimate of drug-likeness (QED) is 0.748. The number of rotatable bonds is 4. The van der Waals surface area contributed by atoms with Gasteiger partial charge in [-0.2, -0.15) is 0 Å². The van der Waals surface area contributed by atoms with Crippen molar-refractivity contribution in [3.8, 4) is 0 Å². The number of carbonyl (C=O) groups excluding carboxylic acids is 1. The first kappa shape index (κ1) is 13.3. The molecule has 0 radical (unpaired) electrons. The van der Waals surface area contributed by atoms with Crippen molar-refractivity contribution in [1.29, 1.82) is 0 Å². The van der Waals surface area contributed by atoms with Gasteiger partial charge in [-0.05, 0) is 19.3 Å². The molecular formula is C12H24N2O2. The lowest BCUT2D eigenvalue weighted by Gasteiger charge is -2.29. The molecule has 0 saturated carbocycles. The van der Waals surface area contributed by atoms with Crippen molar-refractivity contribution in [2.75, 3.05) is 26.8 Å². The van der Waals surface area contributed by atoms with Crippen molar-refractivity contribution in [1.82, 2.24) is 10.2 Å². The summed E-state index contributed by atoms with van der Waals surface area (Å²) in [5.41, 5.74) is 0. The normalized spacial score (nSPS) is 21.6. The summed E-state index contributed by atoms with van der Waals surface area (Å²) < 4.78 is 4.92. The summed E-state index contributed by atoms with van der Waals surface area (Å²) >= 11 is 0. The highest BCUT2D eigenvalue weighted by molar-refractivity contribution is 5.74. The molecule has 0 bridgehead atoms. The van der Waals surface area contributed by atoms with Gasteiger partial charge in [0.2, 0.25) is 0 Å². The number of amides is 2. The molecule has 1 rings (SSSR count). The van der Waals surface area contributed by atoms with E-state index in [0.717, 1.165) is 25.8 Å². The lowest BCUT2D eigenvalue weighted by Crippen LogP contribution is -2.46. The van der Waals surface area contributed by atoms with E-state index in [-0.39, 0.29) is 6.03 Å². The molecule has 0 aromatic heterocycles. The fourth-order valence-corrected chi connectivity index (χ4v) is 2.23. The Morgan fingerprint density at radius 2 is 2.25 bits per heavy atom. The summed E-state index contributed by atoms with van der Waals surface area (Å²) in [5.74, 6) is 0. The Labute approximate surface area is 98.3 Å². The molecule has 0 aromatic rings. The molecule has 0 spiro atoms. The zero-order valence-electron chi connectivity index (χ0n) is 10.5. The second-order valence-electron chi connectivity index (χ2n) is 4.33. The second-order valence-corrected chi connectivity index (χ2v) is 4.33. The minimum atomic E-state index is 0.0748. The van der Waals surface area contributed by atoms with Crippen LogP contribution in [0.3, 0.4) is 0 Å². The van der Waals surface area contributed by atoms with E-state index in [9.17, 15) is 4.79 Å². The fourth-order valence-electron chi connectivity index (χ4n) is 2.23. The van der Waals surface area contributed by atoms with Gasteiger partial charge in [-0.25, -0.2) is 4.79 Å². The van der Waals surface area contributed by atoms with E-state index < -0.39 is 0 Å². The molecule has 4 heteroatoms. The summed E-state index contributed by atoms with van der Waals surface area (Å²) in [6.07, 6.45) is 5.83. The Morgan fingerprint density at radius 1 is 1.44 bits per heavy atom. The first-order valence-corrected chi connectivity index (χ1v) is 6.33. The maximum absolute atomic E-state index is 12.0. The van der Waals surface area contributed by atoms with Crippen LogP contribution < -0.4 is 5.32 Å². The minimum Gasteiger partial charge on any atom is -0.383 e. The van der Waals surface area contributed by atoms with Crippen molar-refractivity contribution >= 4 is 6.03 Å². The van der Waals surface area contributed by atoms with E-state index in [1.807, 2.05) is 4.90 Å². The molecule has 1 saturated heterocycles. The molecule has 0 unspecified atom stereocenters. The zero-order chi connectivity index (χ0) is 11.8. The number of hydrogen-bond donors (Lipinski definition) is 1. The molecule has 94 valence electrons. The summed E-state index contributed by atoms with van der Waals surface area (Å²) in [5, 5.41) is 2.91. The van der Waals surface area contributed by atoms with Crippen LogP contribution in [0.4, 0.5) is 4.79 Å². The van der Waals surface area contributed by atoms with Gasteiger partial charge in [-0.3, -0.25) is 0 Å². The number of nitrogens with one attached hydrogen (secondary N) is 1. The molecule has 1 atom stereocenters. The van der Waals surface area contributed by atoms with Crippen molar-refractivity contribution in [3.05, 3.63) is 0 Å². The molecule has 0 aromatic carbocycles. The number of carbonyl (C=O) groups is 1. The van der Waals surface area contributed by atoms with Crippen LogP contribution in [-0.4, -0.2) is 43.8 Å². The Balaban J connectivity index is 2.42. The van der Waals surface area contributed by atoms with Gasteiger partial charge in [0.05, 0.1) is 6.61 Å². The van der Waals surface area contributed by atoms with E-state index in [1.54, 1.807) is 7.11 Å². The second kappa shape index (κ2) is 7.49. The number of likely N-dealkylation sites (tertiary alicyclic amines) is 1. The minimum absolute atomic E-state index is 0.0748. The average molecular weight is 228 g/mol. The van der Waals surface area contributed by atoms with Crippen LogP contribution in [0.25, 0.3) is 0 Å². The average Bonchev–Trinajstić information content (AvgIpc) is 2.54. The van der Waals surface area contributed by atoms with E-state index in [2.05, 4.69) is 12.2 Å². The van der Waals surface area contributed by atoms with Crippen LogP contribution in [0, 0.1) is 0 Å². The summed E-state index contributed by atoms with van der Waals surface area (Å²) in [6.45, 7) is 4.24. The third-order valence-electron chi connectivity index (χ3n) is 3.19. The van der Waals surface area contributed by atoms with Gasteiger partial charge >= 0.3 is 6.03 Å². The van der Waals surface area contributed by atoms with Gasteiger partial charge in [0.15, 0.2) is 0 Å². The first-order valence-electron chi connectivity index (χ1n) is 6.33. The molecule has 1 fully saturated rings. The largest absolute Gasteiger partial charge is 0.383 e. The van der Waals surface area contributed by atoms with Crippen LogP contribution in [0.5, 0.6) is 0 Å². The molecule has 2 amide bonds. The zero-order valence-corrected chi connectivity index (χ0v) is 10.5. The van der Waals surface area contributed by atoms with Crippen molar-refractivity contribution in [2.24, 2.45) is 0 Å². The van der Waals surface area contributed by atoms with E-state index in [1.165, 1.54) is 12.8 Å². The van der Waals surface area contributed by atoms with Gasteiger partial charge in [0.1, 0.15) is 0 Å². The smallest absolute Gasteiger partial charge is 0.317 e. The van der Waals surface area contributed by atoms with Gasteiger partial charge in [0.25, 0.3) is 0 Å². The van der Waals surface area contributed by atoms with Crippen LogP contribution in [-0.2, 0) is 4.74 Å². The van der Waals surface area contributed by atoms with Crippen LogP contribution in [0.1, 0.15) is 39.0 Å². The van der Waals surface area contributed by atoms with Gasteiger partial charge in [-0.1, -0.05) is 19.8 Å². The number of nitrogens with zero attached hydrogens (tertiary/aromatic N) is 1. The highest BCUT2D eigenvalue weighted by Crippen LogP contribution is 2.18. The highest BCUT2D eigenvalue weighted by Gasteiger charge is 2.23. The first-order chi connectivity index (χ1) is 7.79. The van der Waals surface area contributed by atoms with Gasteiger partial charge in [0, 0.05) is 26.2 Å². The summed E-state index contributed by atoms with van der Waals surface area (Å²) in [6, 6.07) is 0.496. The molecule has 1 heterocycles. The SMILES string of the molecule is CC[C@@H]1CCCCCN1C(=O)NCCOC. The third kappa shape index (κ3) is 4.00. The van der Waals surface area contributed by atoms with Crippen LogP contribution >= 0.6 is 0 Å². The Morgan fingerprint density at radius 3 is 2.94 bits per heavy atom. The monoisotopic (exact) mass is 228 g/mol. The Hall–Kier alpha value is -0.770. The number of methoxy groups -OCH3 is 1. The van der Waals surface area contributed by atoms with Crippen molar-refractivity contribution in [2.45, 2.75) is 45.1 Å². The number of ether oxygens (including phenoxy) is 1. The highest BCUT2D eigenvalue weighted by atomic mass is 16.5. The summed E-state index contributed by atoms with van der Waals surface area (Å²) in [7, 11) is 1.65. The van der Waals surface area contributed by atoms with E-state index >= 15 is 0 Å². The van der Waals surface area contributed by atoms with Crippen molar-refractivity contribution < 1.29 is 9.53 Å². The molecule has 1 aliphatic heterocycles. The molecule has 4 nitrogen and oxygen atoms in total. The molecular weight excluding hydrogens is 204 g/mol. The lowest BCUT2D eigenvalue weighted by atomic mass is 10.1. The van der Waals surface area contributed by atoms with Crippen LogP contribution in [0.15, 0.2) is 0 Å². The van der Waals surface area contributed by atoms with E-state index in [0.29, 0.717) is 19.2 Å². The predicted molar refractivity (Wildman–Crippen MR) is 64.5 cm³/mol. The molecule has 0 aliphatic carbocycles. The van der Waals surface area contributed by atoms with Gasteiger partial charge < -0.3 is 15.0 Å². The molecule has 16 heavy (non-hydrogen) atoms. The topological polar surface area (TPSA) is 41.6 Å². The maximum atomic E-state index is 12.0. The Kier molecular flexibility index (Phi) is 6.23. The van der Waals surface area contributed by atoms with Crippen molar-refractivity contribution in [3.63, 3.8) is 0 Å².